The fraction of sp³-hybridized carbons (Fsp3) is 0.0909. The Balaban J connectivity index is 2.00. The van der Waals surface area contributed by atoms with Gasteiger partial charge in [0, 0.05) is 15.5 Å². The molecule has 3 N–H and O–H groups in total. The molecule has 0 aliphatic rings. The zero-order valence-corrected chi connectivity index (χ0v) is 12.3. The number of nitrogens with zero attached hydrogens (tertiary/aromatic N) is 1. The summed E-state index contributed by atoms with van der Waals surface area (Å²) in [5, 5.41) is 5.60. The minimum atomic E-state index is -0.144. The quantitative estimate of drug-likeness (QED) is 0.896. The van der Waals surface area contributed by atoms with Gasteiger partial charge in [-0.2, -0.15) is 0 Å². The van der Waals surface area contributed by atoms with Crippen LogP contribution in [0.2, 0.25) is 5.02 Å². The predicted octanol–water partition coefficient (Wildman–Crippen LogP) is 3.32. The van der Waals surface area contributed by atoms with Crippen LogP contribution < -0.4 is 11.1 Å². The highest BCUT2D eigenvalue weighted by Crippen LogP contribution is 2.25. The third kappa shape index (κ3) is 3.44. The first-order chi connectivity index (χ1) is 8.54. The number of nitrogens with one attached hydrogen (secondary N) is 1. The smallest absolute Gasteiger partial charge is 0.230 e. The van der Waals surface area contributed by atoms with Crippen LogP contribution >= 0.6 is 38.9 Å². The van der Waals surface area contributed by atoms with Crippen LogP contribution in [-0.4, -0.2) is 10.9 Å². The van der Waals surface area contributed by atoms with E-state index in [0.29, 0.717) is 21.5 Å². The molecule has 0 atom stereocenters. The standard InChI is InChI=1S/C11H9BrClN3OS/c12-8-3-6(1-2-9(8)13)15-10(17)4-7-5-18-11(14)16-7/h1-3,5H,4H2,(H2,14,16)(H,15,17). The van der Waals surface area contributed by atoms with Gasteiger partial charge in [-0.3, -0.25) is 4.79 Å². The number of halogens is 2. The first kappa shape index (κ1) is 13.3. The van der Waals surface area contributed by atoms with Crippen molar-refractivity contribution >= 4 is 55.6 Å². The maximum atomic E-state index is 11.8. The monoisotopic (exact) mass is 345 g/mol. The van der Waals surface area contributed by atoms with Crippen LogP contribution in [0, 0.1) is 0 Å². The van der Waals surface area contributed by atoms with Crippen molar-refractivity contribution in [2.75, 3.05) is 11.1 Å². The van der Waals surface area contributed by atoms with Crippen molar-refractivity contribution in [1.29, 1.82) is 0 Å². The van der Waals surface area contributed by atoms with Crippen molar-refractivity contribution in [3.63, 3.8) is 0 Å². The van der Waals surface area contributed by atoms with Crippen molar-refractivity contribution in [2.45, 2.75) is 6.42 Å². The van der Waals surface area contributed by atoms with E-state index in [0.717, 1.165) is 4.47 Å². The zero-order chi connectivity index (χ0) is 13.1. The Morgan fingerprint density at radius 2 is 2.33 bits per heavy atom. The Morgan fingerprint density at radius 1 is 1.56 bits per heavy atom. The first-order valence-corrected chi connectivity index (χ1v) is 7.04. The molecule has 1 aromatic heterocycles. The average molecular weight is 347 g/mol. The molecule has 0 aliphatic heterocycles. The van der Waals surface area contributed by atoms with Crippen molar-refractivity contribution in [3.05, 3.63) is 38.8 Å². The van der Waals surface area contributed by atoms with Crippen LogP contribution in [0.3, 0.4) is 0 Å². The molecule has 4 nitrogen and oxygen atoms in total. The van der Waals surface area contributed by atoms with E-state index in [1.165, 1.54) is 11.3 Å². The van der Waals surface area contributed by atoms with Crippen molar-refractivity contribution < 1.29 is 4.79 Å². The summed E-state index contributed by atoms with van der Waals surface area (Å²) < 4.78 is 0.736. The molecular formula is C11H9BrClN3OS. The molecule has 0 saturated carbocycles. The summed E-state index contributed by atoms with van der Waals surface area (Å²) in [5.74, 6) is -0.144. The molecule has 2 aromatic rings. The highest BCUT2D eigenvalue weighted by molar-refractivity contribution is 9.10. The summed E-state index contributed by atoms with van der Waals surface area (Å²) in [6.45, 7) is 0. The molecule has 7 heteroatoms. The van der Waals surface area contributed by atoms with Gasteiger partial charge in [0.25, 0.3) is 0 Å². The van der Waals surface area contributed by atoms with Crippen molar-refractivity contribution in [1.82, 2.24) is 4.98 Å². The van der Waals surface area contributed by atoms with Gasteiger partial charge in [-0.1, -0.05) is 11.6 Å². The lowest BCUT2D eigenvalue weighted by molar-refractivity contribution is -0.115. The second-order valence-electron chi connectivity index (χ2n) is 3.53. The largest absolute Gasteiger partial charge is 0.375 e. The van der Waals surface area contributed by atoms with E-state index in [4.69, 9.17) is 17.3 Å². The number of carbonyl (C=O) groups excluding carboxylic acids is 1. The summed E-state index contributed by atoms with van der Waals surface area (Å²) in [4.78, 5) is 15.8. The molecule has 0 radical (unpaired) electrons. The van der Waals surface area contributed by atoms with Crippen LogP contribution in [0.25, 0.3) is 0 Å². The van der Waals surface area contributed by atoms with Crippen LogP contribution in [-0.2, 0) is 11.2 Å². The number of hydrogen-bond acceptors (Lipinski definition) is 4. The van der Waals surface area contributed by atoms with Crippen LogP contribution in [0.15, 0.2) is 28.1 Å². The van der Waals surface area contributed by atoms with E-state index >= 15 is 0 Å². The number of benzene rings is 1. The Kier molecular flexibility index (Phi) is 4.21. The average Bonchev–Trinajstić information content (AvgIpc) is 2.69. The Bertz CT molecular complexity index is 587. The van der Waals surface area contributed by atoms with E-state index in [2.05, 4.69) is 26.2 Å². The molecule has 0 fully saturated rings. The molecule has 0 bridgehead atoms. The van der Waals surface area contributed by atoms with Gasteiger partial charge in [-0.25, -0.2) is 4.98 Å². The molecular weight excluding hydrogens is 338 g/mol. The molecule has 0 aliphatic carbocycles. The van der Waals surface area contributed by atoms with E-state index < -0.39 is 0 Å². The molecule has 1 heterocycles. The SMILES string of the molecule is Nc1nc(CC(=O)Nc2ccc(Cl)c(Br)c2)cs1. The maximum absolute atomic E-state index is 11.8. The zero-order valence-electron chi connectivity index (χ0n) is 9.11. The molecule has 1 amide bonds. The topological polar surface area (TPSA) is 68.0 Å². The fourth-order valence-corrected chi connectivity index (χ4v) is 2.41. The lowest BCUT2D eigenvalue weighted by Crippen LogP contribution is -2.14. The van der Waals surface area contributed by atoms with Gasteiger partial charge in [0.2, 0.25) is 5.91 Å². The summed E-state index contributed by atoms with van der Waals surface area (Å²) in [6.07, 6.45) is 0.202. The Labute approximate surface area is 121 Å². The second kappa shape index (κ2) is 5.69. The molecule has 1 aromatic carbocycles. The van der Waals surface area contributed by atoms with E-state index in [9.17, 15) is 4.79 Å². The highest BCUT2D eigenvalue weighted by atomic mass is 79.9. The highest BCUT2D eigenvalue weighted by Gasteiger charge is 2.08. The van der Waals surface area contributed by atoms with Crippen molar-refractivity contribution in [2.24, 2.45) is 0 Å². The summed E-state index contributed by atoms with van der Waals surface area (Å²) >= 11 is 10.5. The normalized spacial score (nSPS) is 10.3. The number of thiazole rings is 1. The van der Waals surface area contributed by atoms with Gasteiger partial charge in [0.05, 0.1) is 17.1 Å². The number of rotatable bonds is 3. The molecule has 18 heavy (non-hydrogen) atoms. The molecule has 0 unspecified atom stereocenters. The Hall–Kier alpha value is -1.11. The van der Waals surface area contributed by atoms with Crippen LogP contribution in [0.1, 0.15) is 5.69 Å². The first-order valence-electron chi connectivity index (χ1n) is 4.99. The van der Waals surface area contributed by atoms with Gasteiger partial charge in [0.1, 0.15) is 0 Å². The van der Waals surface area contributed by atoms with Crippen molar-refractivity contribution in [3.8, 4) is 0 Å². The van der Waals surface area contributed by atoms with Gasteiger partial charge in [0.15, 0.2) is 5.13 Å². The van der Waals surface area contributed by atoms with Gasteiger partial charge < -0.3 is 11.1 Å². The minimum absolute atomic E-state index is 0.144. The molecule has 0 spiro atoms. The molecule has 2 rings (SSSR count). The predicted molar refractivity (Wildman–Crippen MR) is 78.0 cm³/mol. The third-order valence-electron chi connectivity index (χ3n) is 2.11. The minimum Gasteiger partial charge on any atom is -0.375 e. The van der Waals surface area contributed by atoms with Gasteiger partial charge in [-0.05, 0) is 34.1 Å². The van der Waals surface area contributed by atoms with E-state index in [1.807, 2.05) is 0 Å². The Morgan fingerprint density at radius 3 is 2.94 bits per heavy atom. The molecule has 94 valence electrons. The van der Waals surface area contributed by atoms with Gasteiger partial charge in [-0.15, -0.1) is 11.3 Å². The summed E-state index contributed by atoms with van der Waals surface area (Å²) in [7, 11) is 0. The number of aromatic nitrogens is 1. The lowest BCUT2D eigenvalue weighted by Gasteiger charge is -2.05. The number of carbonyl (C=O) groups is 1. The number of nitrogen functional groups attached to an aromatic ring is 1. The number of hydrogen-bond donors (Lipinski definition) is 2. The number of nitrogens with two attached hydrogens (primary N) is 1. The third-order valence-corrected chi connectivity index (χ3v) is 4.05. The molecule has 0 saturated heterocycles. The fourth-order valence-electron chi connectivity index (χ4n) is 1.35. The van der Waals surface area contributed by atoms with E-state index in [1.54, 1.807) is 23.6 Å². The van der Waals surface area contributed by atoms with Gasteiger partial charge >= 0.3 is 0 Å². The number of anilines is 2. The maximum Gasteiger partial charge on any atom is 0.230 e. The van der Waals surface area contributed by atoms with E-state index in [-0.39, 0.29) is 12.3 Å². The van der Waals surface area contributed by atoms with Crippen LogP contribution in [0.5, 0.6) is 0 Å². The van der Waals surface area contributed by atoms with Crippen LogP contribution in [0.4, 0.5) is 10.8 Å². The summed E-state index contributed by atoms with van der Waals surface area (Å²) in [6, 6.07) is 5.19. The summed E-state index contributed by atoms with van der Waals surface area (Å²) in [5.41, 5.74) is 6.85. The lowest BCUT2D eigenvalue weighted by atomic mass is 10.3. The second-order valence-corrected chi connectivity index (χ2v) is 5.68. The number of amides is 1.